The van der Waals surface area contributed by atoms with Crippen LogP contribution in [0.2, 0.25) is 0 Å². The van der Waals surface area contributed by atoms with E-state index in [0.29, 0.717) is 31.7 Å². The Kier molecular flexibility index (Phi) is 6.06. The molecule has 6 heteroatoms. The average molecular weight is 414 g/mol. The lowest BCUT2D eigenvalue weighted by Crippen LogP contribution is -2.51. The molecular formula is C24H28F2N2O2. The standard InChI is InChI=1S/C24H28F2N2O2/c1-16-3-5-18(6-4-16)14-28-17(2)23(10-12-30-28)27-11-9-20(22(26)15-27)19-7-8-24(29)21(25)13-19/h3-8,13,20,22-23,29H,2,9-12,14-15H2,1H3. The van der Waals surface area contributed by atoms with Crippen molar-refractivity contribution >= 4 is 0 Å². The van der Waals surface area contributed by atoms with Gasteiger partial charge in [0.05, 0.1) is 24.9 Å². The molecule has 1 N–H and O–H groups in total. The van der Waals surface area contributed by atoms with Crippen LogP contribution < -0.4 is 0 Å². The second-order valence-electron chi connectivity index (χ2n) is 8.27. The molecule has 0 aliphatic carbocycles. The summed E-state index contributed by atoms with van der Waals surface area (Å²) in [6.45, 7) is 8.46. The Labute approximate surface area is 176 Å². The molecule has 0 bridgehead atoms. The number of rotatable bonds is 4. The number of piperidine rings is 1. The highest BCUT2D eigenvalue weighted by molar-refractivity contribution is 5.31. The summed E-state index contributed by atoms with van der Waals surface area (Å²) < 4.78 is 28.8. The molecule has 3 unspecified atom stereocenters. The van der Waals surface area contributed by atoms with Gasteiger partial charge in [-0.25, -0.2) is 8.78 Å². The minimum atomic E-state index is -1.11. The van der Waals surface area contributed by atoms with Gasteiger partial charge in [0.15, 0.2) is 11.6 Å². The van der Waals surface area contributed by atoms with E-state index in [1.165, 1.54) is 17.7 Å². The molecule has 0 radical (unpaired) electrons. The number of hydrogen-bond acceptors (Lipinski definition) is 4. The van der Waals surface area contributed by atoms with Gasteiger partial charge in [-0.2, -0.15) is 0 Å². The monoisotopic (exact) mass is 414 g/mol. The van der Waals surface area contributed by atoms with E-state index in [2.05, 4.69) is 42.7 Å². The van der Waals surface area contributed by atoms with Gasteiger partial charge in [-0.05, 0) is 49.6 Å². The summed E-state index contributed by atoms with van der Waals surface area (Å²) >= 11 is 0. The van der Waals surface area contributed by atoms with Gasteiger partial charge in [0, 0.05) is 12.5 Å². The lowest BCUT2D eigenvalue weighted by atomic mass is 9.86. The maximum Gasteiger partial charge on any atom is 0.165 e. The molecule has 4 rings (SSSR count). The van der Waals surface area contributed by atoms with Gasteiger partial charge in [-0.3, -0.25) is 14.8 Å². The van der Waals surface area contributed by atoms with Crippen LogP contribution in [0.25, 0.3) is 0 Å². The van der Waals surface area contributed by atoms with Crippen molar-refractivity contribution in [1.29, 1.82) is 0 Å². The van der Waals surface area contributed by atoms with Gasteiger partial charge in [-0.15, -0.1) is 0 Å². The van der Waals surface area contributed by atoms with Crippen LogP contribution in [-0.4, -0.2) is 47.0 Å². The average Bonchev–Trinajstić information content (AvgIpc) is 2.73. The molecule has 2 fully saturated rings. The van der Waals surface area contributed by atoms with Gasteiger partial charge in [0.25, 0.3) is 0 Å². The molecule has 2 aliphatic rings. The Balaban J connectivity index is 1.41. The highest BCUT2D eigenvalue weighted by Gasteiger charge is 2.37. The summed E-state index contributed by atoms with van der Waals surface area (Å²) in [5, 5.41) is 11.2. The van der Waals surface area contributed by atoms with E-state index in [1.54, 1.807) is 6.07 Å². The lowest BCUT2D eigenvalue weighted by molar-refractivity contribution is -0.174. The zero-order valence-corrected chi connectivity index (χ0v) is 17.2. The number of phenols is 1. The van der Waals surface area contributed by atoms with Crippen molar-refractivity contribution in [3.63, 3.8) is 0 Å². The molecule has 0 saturated carbocycles. The number of hydroxylamine groups is 2. The first-order valence-electron chi connectivity index (χ1n) is 10.4. The van der Waals surface area contributed by atoms with Crippen LogP contribution in [0.3, 0.4) is 0 Å². The second-order valence-corrected chi connectivity index (χ2v) is 8.27. The first kappa shape index (κ1) is 20.8. The molecule has 0 aromatic heterocycles. The van der Waals surface area contributed by atoms with E-state index in [0.717, 1.165) is 17.7 Å². The van der Waals surface area contributed by atoms with Crippen LogP contribution in [0, 0.1) is 12.7 Å². The van der Waals surface area contributed by atoms with Gasteiger partial charge < -0.3 is 5.11 Å². The van der Waals surface area contributed by atoms with Gasteiger partial charge in [0.1, 0.15) is 6.17 Å². The smallest absolute Gasteiger partial charge is 0.165 e. The van der Waals surface area contributed by atoms with Crippen molar-refractivity contribution in [3.05, 3.63) is 77.2 Å². The fraction of sp³-hybridized carbons (Fsp3) is 0.417. The number of phenolic OH excluding ortho intramolecular Hbond substituents is 1. The molecule has 2 heterocycles. The van der Waals surface area contributed by atoms with Crippen molar-refractivity contribution in [3.8, 4) is 5.75 Å². The molecule has 2 aromatic rings. The Hall–Kier alpha value is -2.44. The summed E-state index contributed by atoms with van der Waals surface area (Å²) in [6, 6.07) is 12.5. The predicted molar refractivity (Wildman–Crippen MR) is 112 cm³/mol. The summed E-state index contributed by atoms with van der Waals surface area (Å²) in [4.78, 5) is 7.97. The predicted octanol–water partition coefficient (Wildman–Crippen LogP) is 4.69. The highest BCUT2D eigenvalue weighted by Crippen LogP contribution is 2.35. The SMILES string of the molecule is C=C1C(N2CCC(c3ccc(O)c(F)c3)C(F)C2)CCON1Cc1ccc(C)cc1. The number of aryl methyl sites for hydroxylation is 1. The Bertz CT molecular complexity index is 903. The summed E-state index contributed by atoms with van der Waals surface area (Å²) in [5.41, 5.74) is 3.80. The number of aromatic hydroxyl groups is 1. The van der Waals surface area contributed by atoms with Crippen molar-refractivity contribution in [2.45, 2.75) is 44.4 Å². The molecule has 160 valence electrons. The Morgan fingerprint density at radius 1 is 1.17 bits per heavy atom. The van der Waals surface area contributed by atoms with Crippen LogP contribution in [0.5, 0.6) is 5.75 Å². The van der Waals surface area contributed by atoms with Crippen molar-refractivity contribution < 1.29 is 18.7 Å². The van der Waals surface area contributed by atoms with Crippen LogP contribution >= 0.6 is 0 Å². The third-order valence-corrected chi connectivity index (χ3v) is 6.20. The Morgan fingerprint density at radius 3 is 2.63 bits per heavy atom. The van der Waals surface area contributed by atoms with Crippen molar-refractivity contribution in [1.82, 2.24) is 9.96 Å². The van der Waals surface area contributed by atoms with Gasteiger partial charge in [0.2, 0.25) is 0 Å². The molecule has 2 aliphatic heterocycles. The van der Waals surface area contributed by atoms with Crippen LogP contribution in [0.15, 0.2) is 54.7 Å². The first-order valence-corrected chi connectivity index (χ1v) is 10.4. The maximum atomic E-state index is 15.1. The normalized spacial score (nSPS) is 25.5. The topological polar surface area (TPSA) is 35.9 Å². The van der Waals surface area contributed by atoms with E-state index in [-0.39, 0.29) is 18.5 Å². The van der Waals surface area contributed by atoms with Crippen LogP contribution in [0.1, 0.15) is 35.4 Å². The molecule has 0 spiro atoms. The molecule has 0 amide bonds. The fourth-order valence-corrected chi connectivity index (χ4v) is 4.43. The molecule has 2 saturated heterocycles. The van der Waals surface area contributed by atoms with Crippen LogP contribution in [0.4, 0.5) is 8.78 Å². The number of halogens is 2. The number of nitrogens with zero attached hydrogens (tertiary/aromatic N) is 2. The van der Waals surface area contributed by atoms with E-state index >= 15 is 4.39 Å². The molecular weight excluding hydrogens is 386 g/mol. The van der Waals surface area contributed by atoms with E-state index in [9.17, 15) is 9.50 Å². The largest absolute Gasteiger partial charge is 0.505 e. The minimum absolute atomic E-state index is 0.0277. The van der Waals surface area contributed by atoms with Crippen molar-refractivity contribution in [2.75, 3.05) is 19.7 Å². The molecule has 30 heavy (non-hydrogen) atoms. The summed E-state index contributed by atoms with van der Waals surface area (Å²) in [6.07, 6.45) is 0.256. The maximum absolute atomic E-state index is 15.1. The number of likely N-dealkylation sites (tertiary alicyclic amines) is 1. The summed E-state index contributed by atoms with van der Waals surface area (Å²) in [5.74, 6) is -1.47. The van der Waals surface area contributed by atoms with Crippen molar-refractivity contribution in [2.24, 2.45) is 0 Å². The number of benzene rings is 2. The number of hydrogen-bond donors (Lipinski definition) is 1. The Morgan fingerprint density at radius 2 is 1.93 bits per heavy atom. The zero-order valence-electron chi connectivity index (χ0n) is 17.2. The molecule has 3 atom stereocenters. The summed E-state index contributed by atoms with van der Waals surface area (Å²) in [7, 11) is 0. The minimum Gasteiger partial charge on any atom is -0.505 e. The lowest BCUT2D eigenvalue weighted by Gasteiger charge is -2.44. The first-order chi connectivity index (χ1) is 14.4. The third kappa shape index (κ3) is 4.35. The van der Waals surface area contributed by atoms with E-state index in [1.807, 2.05) is 5.06 Å². The van der Waals surface area contributed by atoms with Crippen LogP contribution in [-0.2, 0) is 11.4 Å². The van der Waals surface area contributed by atoms with E-state index < -0.39 is 17.7 Å². The molecule has 2 aromatic carbocycles. The number of alkyl halides is 1. The van der Waals surface area contributed by atoms with E-state index in [4.69, 9.17) is 4.84 Å². The zero-order chi connectivity index (χ0) is 21.3. The quantitative estimate of drug-likeness (QED) is 0.788. The highest BCUT2D eigenvalue weighted by atomic mass is 19.1. The second kappa shape index (κ2) is 8.74. The molecule has 4 nitrogen and oxygen atoms in total. The van der Waals surface area contributed by atoms with Gasteiger partial charge >= 0.3 is 0 Å². The third-order valence-electron chi connectivity index (χ3n) is 6.20. The van der Waals surface area contributed by atoms with Gasteiger partial charge in [-0.1, -0.05) is 42.5 Å². The fourth-order valence-electron chi connectivity index (χ4n) is 4.43.